The Labute approximate surface area is 95.8 Å². The van der Waals surface area contributed by atoms with Crippen molar-refractivity contribution < 1.29 is 28.2 Å². The first-order valence-corrected chi connectivity index (χ1v) is 4.99. The van der Waals surface area contributed by atoms with E-state index in [9.17, 15) is 13.6 Å². The van der Waals surface area contributed by atoms with Crippen LogP contribution in [0.25, 0.3) is 0 Å². The van der Waals surface area contributed by atoms with Crippen molar-refractivity contribution in [2.45, 2.75) is 12.3 Å². The molecule has 0 saturated carbocycles. The summed E-state index contributed by atoms with van der Waals surface area (Å²) >= 11 is 0. The van der Waals surface area contributed by atoms with E-state index in [2.05, 4.69) is 0 Å². The minimum Gasteiger partial charge on any atom is -0.486 e. The highest BCUT2D eigenvalue weighted by Crippen LogP contribution is 2.32. The normalized spacial score (nSPS) is 14.5. The Balaban J connectivity index is 2.20. The van der Waals surface area contributed by atoms with Gasteiger partial charge in [0.2, 0.25) is 0 Å². The van der Waals surface area contributed by atoms with Gasteiger partial charge >= 0.3 is 11.9 Å². The smallest absolute Gasteiger partial charge is 0.374 e. The molecule has 0 aromatic heterocycles. The molecule has 0 aliphatic carbocycles. The van der Waals surface area contributed by atoms with Gasteiger partial charge in [-0.1, -0.05) is 6.07 Å². The Bertz CT molecular complexity index is 445. The van der Waals surface area contributed by atoms with Crippen LogP contribution in [0.3, 0.4) is 0 Å². The fraction of sp³-hybridized carbons (Fsp3) is 0.364. The lowest BCUT2D eigenvalue weighted by Gasteiger charge is -2.19. The maximum Gasteiger partial charge on any atom is 0.374 e. The number of alkyl halides is 2. The van der Waals surface area contributed by atoms with Gasteiger partial charge in [-0.25, -0.2) is 4.79 Å². The Kier molecular flexibility index (Phi) is 2.87. The molecule has 0 unspecified atom stereocenters. The number of fused-ring (bicyclic) bond motifs is 1. The third-order valence-corrected chi connectivity index (χ3v) is 2.35. The molecule has 6 heteroatoms. The third kappa shape index (κ3) is 2.46. The van der Waals surface area contributed by atoms with Crippen LogP contribution in [0.2, 0.25) is 0 Å². The van der Waals surface area contributed by atoms with Gasteiger partial charge < -0.3 is 14.6 Å². The maximum absolute atomic E-state index is 13.0. The number of halogens is 2. The van der Waals surface area contributed by atoms with Gasteiger partial charge in [0.15, 0.2) is 11.5 Å². The highest BCUT2D eigenvalue weighted by Gasteiger charge is 2.39. The van der Waals surface area contributed by atoms with Gasteiger partial charge in [-0.2, -0.15) is 8.78 Å². The monoisotopic (exact) mass is 244 g/mol. The first-order valence-electron chi connectivity index (χ1n) is 4.99. The van der Waals surface area contributed by atoms with E-state index in [1.807, 2.05) is 0 Å². The lowest BCUT2D eigenvalue weighted by Crippen LogP contribution is -2.30. The topological polar surface area (TPSA) is 55.8 Å². The number of hydrogen-bond donors (Lipinski definition) is 1. The summed E-state index contributed by atoms with van der Waals surface area (Å²) in [7, 11) is 0. The zero-order valence-electron chi connectivity index (χ0n) is 8.78. The predicted molar refractivity (Wildman–Crippen MR) is 53.7 cm³/mol. The molecule has 1 aromatic rings. The maximum atomic E-state index is 13.0. The number of ether oxygens (including phenoxy) is 2. The van der Waals surface area contributed by atoms with Gasteiger partial charge in [-0.3, -0.25) is 0 Å². The molecule has 0 spiro atoms. The van der Waals surface area contributed by atoms with Gasteiger partial charge in [0.25, 0.3) is 0 Å². The number of carboxylic acids is 1. The van der Waals surface area contributed by atoms with Crippen molar-refractivity contribution in [3.8, 4) is 11.5 Å². The quantitative estimate of drug-likeness (QED) is 0.879. The molecule has 0 saturated heterocycles. The average Bonchev–Trinajstić information content (AvgIpc) is 2.28. The molecular formula is C11H10F2O4. The minimum absolute atomic E-state index is 0.196. The molecule has 1 aromatic carbocycles. The molecule has 2 rings (SSSR count). The summed E-state index contributed by atoms with van der Waals surface area (Å²) in [6, 6.07) is 4.29. The number of carbonyl (C=O) groups is 1. The van der Waals surface area contributed by atoms with E-state index in [0.717, 1.165) is 0 Å². The third-order valence-electron chi connectivity index (χ3n) is 2.35. The average molecular weight is 244 g/mol. The van der Waals surface area contributed by atoms with Crippen LogP contribution in [0.4, 0.5) is 8.78 Å². The highest BCUT2D eigenvalue weighted by molar-refractivity contribution is 5.75. The SMILES string of the molecule is O=C(O)C(F)(F)Cc1ccc2c(c1)OCCO2. The highest BCUT2D eigenvalue weighted by atomic mass is 19.3. The number of hydrogen-bond acceptors (Lipinski definition) is 3. The molecule has 17 heavy (non-hydrogen) atoms. The number of carboxylic acid groups (broad SMARTS) is 1. The standard InChI is InChI=1S/C11H10F2O4/c12-11(13,10(14)15)6-7-1-2-8-9(5-7)17-4-3-16-8/h1-2,5H,3-4,6H2,(H,14,15). The van der Waals surface area contributed by atoms with E-state index < -0.39 is 18.3 Å². The number of benzene rings is 1. The largest absolute Gasteiger partial charge is 0.486 e. The van der Waals surface area contributed by atoms with Crippen molar-refractivity contribution in [3.63, 3.8) is 0 Å². The van der Waals surface area contributed by atoms with Crippen molar-refractivity contribution in [3.05, 3.63) is 23.8 Å². The van der Waals surface area contributed by atoms with Crippen LogP contribution >= 0.6 is 0 Å². The van der Waals surface area contributed by atoms with Crippen molar-refractivity contribution >= 4 is 5.97 Å². The van der Waals surface area contributed by atoms with E-state index in [0.29, 0.717) is 24.7 Å². The van der Waals surface area contributed by atoms with E-state index in [1.165, 1.54) is 18.2 Å². The van der Waals surface area contributed by atoms with Gasteiger partial charge in [-0.05, 0) is 17.7 Å². The fourth-order valence-electron chi connectivity index (χ4n) is 1.53. The lowest BCUT2D eigenvalue weighted by atomic mass is 10.1. The van der Waals surface area contributed by atoms with Crippen LogP contribution in [0.15, 0.2) is 18.2 Å². The second-order valence-corrected chi connectivity index (χ2v) is 3.66. The van der Waals surface area contributed by atoms with Crippen LogP contribution in [0.1, 0.15) is 5.56 Å². The zero-order valence-corrected chi connectivity index (χ0v) is 8.78. The molecular weight excluding hydrogens is 234 g/mol. The van der Waals surface area contributed by atoms with Crippen LogP contribution in [0.5, 0.6) is 11.5 Å². The van der Waals surface area contributed by atoms with Crippen molar-refractivity contribution in [2.24, 2.45) is 0 Å². The molecule has 1 heterocycles. The molecule has 0 radical (unpaired) electrons. The lowest BCUT2D eigenvalue weighted by molar-refractivity contribution is -0.164. The van der Waals surface area contributed by atoms with Crippen molar-refractivity contribution in [1.82, 2.24) is 0 Å². The first-order chi connectivity index (χ1) is 7.99. The Morgan fingerprint density at radius 2 is 1.94 bits per heavy atom. The molecule has 0 fully saturated rings. The second kappa shape index (κ2) is 4.20. The number of aliphatic carboxylic acids is 1. The van der Waals surface area contributed by atoms with Gasteiger partial charge in [-0.15, -0.1) is 0 Å². The predicted octanol–water partition coefficient (Wildman–Crippen LogP) is 1.72. The van der Waals surface area contributed by atoms with Crippen molar-refractivity contribution in [1.29, 1.82) is 0 Å². The van der Waals surface area contributed by atoms with Gasteiger partial charge in [0, 0.05) is 6.42 Å². The number of rotatable bonds is 3. The van der Waals surface area contributed by atoms with E-state index in [1.54, 1.807) is 0 Å². The summed E-state index contributed by atoms with van der Waals surface area (Å²) in [5, 5.41) is 8.34. The summed E-state index contributed by atoms with van der Waals surface area (Å²) in [5.41, 5.74) is 0.196. The van der Waals surface area contributed by atoms with E-state index in [-0.39, 0.29) is 5.56 Å². The molecule has 1 aliphatic rings. The van der Waals surface area contributed by atoms with Crippen molar-refractivity contribution in [2.75, 3.05) is 13.2 Å². The summed E-state index contributed by atoms with van der Waals surface area (Å²) in [4.78, 5) is 10.3. The molecule has 0 atom stereocenters. The Morgan fingerprint density at radius 1 is 1.29 bits per heavy atom. The summed E-state index contributed by atoms with van der Waals surface area (Å²) in [5.74, 6) is -5.05. The molecule has 92 valence electrons. The van der Waals surface area contributed by atoms with Crippen LogP contribution in [-0.4, -0.2) is 30.2 Å². The first kappa shape index (κ1) is 11.6. The van der Waals surface area contributed by atoms with Crippen LogP contribution < -0.4 is 9.47 Å². The summed E-state index contributed by atoms with van der Waals surface area (Å²) < 4.78 is 36.4. The molecule has 0 bridgehead atoms. The zero-order chi connectivity index (χ0) is 12.5. The van der Waals surface area contributed by atoms with Crippen LogP contribution in [0, 0.1) is 0 Å². The van der Waals surface area contributed by atoms with Crippen LogP contribution in [-0.2, 0) is 11.2 Å². The van der Waals surface area contributed by atoms with E-state index >= 15 is 0 Å². The molecule has 1 aliphatic heterocycles. The molecule has 0 amide bonds. The Morgan fingerprint density at radius 3 is 2.59 bits per heavy atom. The second-order valence-electron chi connectivity index (χ2n) is 3.66. The summed E-state index contributed by atoms with van der Waals surface area (Å²) in [6.07, 6.45) is -0.862. The fourth-order valence-corrected chi connectivity index (χ4v) is 1.53. The summed E-state index contributed by atoms with van der Waals surface area (Å²) in [6.45, 7) is 0.767. The minimum atomic E-state index is -3.77. The Hall–Kier alpha value is -1.85. The van der Waals surface area contributed by atoms with Gasteiger partial charge in [0.1, 0.15) is 13.2 Å². The van der Waals surface area contributed by atoms with Gasteiger partial charge in [0.05, 0.1) is 0 Å². The molecule has 1 N–H and O–H groups in total. The van der Waals surface area contributed by atoms with E-state index in [4.69, 9.17) is 14.6 Å². The molecule has 4 nitrogen and oxygen atoms in total.